The molecule has 186 valence electrons. The number of halogens is 1. The molecule has 9 heteroatoms. The van der Waals surface area contributed by atoms with Gasteiger partial charge in [0.05, 0.1) is 6.54 Å². The first-order valence-electron chi connectivity index (χ1n) is 11.5. The van der Waals surface area contributed by atoms with Gasteiger partial charge in [0.2, 0.25) is 0 Å². The summed E-state index contributed by atoms with van der Waals surface area (Å²) in [6.45, 7) is 5.39. The molecule has 1 fully saturated rings. The van der Waals surface area contributed by atoms with Gasteiger partial charge in [0.25, 0.3) is 0 Å². The van der Waals surface area contributed by atoms with Crippen LogP contribution in [0.3, 0.4) is 0 Å². The Bertz CT molecular complexity index is 1090. The van der Waals surface area contributed by atoms with Crippen molar-refractivity contribution in [2.24, 2.45) is 0 Å². The van der Waals surface area contributed by atoms with Crippen molar-refractivity contribution in [3.05, 3.63) is 59.7 Å². The molecule has 1 aliphatic heterocycles. The SMILES string of the molecule is CC(C)(C)OC(=O)NC1(C(=O)OCCl)CCN(C(=O)OCC2c3ccccc3-c3ccccc32)C1. The van der Waals surface area contributed by atoms with E-state index in [0.29, 0.717) is 0 Å². The molecule has 35 heavy (non-hydrogen) atoms. The average molecular weight is 501 g/mol. The molecule has 1 unspecified atom stereocenters. The summed E-state index contributed by atoms with van der Waals surface area (Å²) in [4.78, 5) is 39.5. The van der Waals surface area contributed by atoms with Gasteiger partial charge in [-0.05, 0) is 43.0 Å². The van der Waals surface area contributed by atoms with Gasteiger partial charge in [-0.1, -0.05) is 60.1 Å². The Hall–Kier alpha value is -3.26. The lowest BCUT2D eigenvalue weighted by atomic mass is 9.98. The van der Waals surface area contributed by atoms with Crippen molar-refractivity contribution in [2.75, 3.05) is 25.8 Å². The number of likely N-dealkylation sites (tertiary alicyclic amines) is 1. The Kier molecular flexibility index (Phi) is 6.94. The summed E-state index contributed by atoms with van der Waals surface area (Å²) in [5, 5.41) is 2.60. The molecule has 0 saturated carbocycles. The number of amides is 2. The Morgan fingerprint density at radius 3 is 2.20 bits per heavy atom. The first-order chi connectivity index (χ1) is 16.6. The monoisotopic (exact) mass is 500 g/mol. The molecule has 1 aliphatic carbocycles. The summed E-state index contributed by atoms with van der Waals surface area (Å²) < 4.78 is 16.0. The molecule has 0 bridgehead atoms. The van der Waals surface area contributed by atoms with Crippen LogP contribution in [0.15, 0.2) is 48.5 Å². The van der Waals surface area contributed by atoms with Gasteiger partial charge in [-0.15, -0.1) is 0 Å². The second kappa shape index (κ2) is 9.77. The number of hydrogen-bond acceptors (Lipinski definition) is 6. The molecule has 8 nitrogen and oxygen atoms in total. The molecule has 2 aromatic carbocycles. The lowest BCUT2D eigenvalue weighted by Crippen LogP contribution is -2.58. The van der Waals surface area contributed by atoms with E-state index < -0.39 is 29.3 Å². The first kappa shape index (κ1) is 24.9. The second-order valence-electron chi connectivity index (χ2n) is 9.73. The second-order valence-corrected chi connectivity index (χ2v) is 9.94. The number of benzene rings is 2. The number of fused-ring (bicyclic) bond motifs is 3. The summed E-state index contributed by atoms with van der Waals surface area (Å²) in [7, 11) is 0. The average Bonchev–Trinajstić information content (AvgIpc) is 3.37. The maximum atomic E-state index is 13.0. The van der Waals surface area contributed by atoms with Crippen molar-refractivity contribution >= 4 is 29.8 Å². The summed E-state index contributed by atoms with van der Waals surface area (Å²) in [5.41, 5.74) is 2.25. The van der Waals surface area contributed by atoms with E-state index in [4.69, 9.17) is 25.8 Å². The van der Waals surface area contributed by atoms with Gasteiger partial charge < -0.3 is 24.4 Å². The summed E-state index contributed by atoms with van der Waals surface area (Å²) >= 11 is 5.59. The molecular formula is C26H29ClN2O6. The molecular weight excluding hydrogens is 472 g/mol. The lowest BCUT2D eigenvalue weighted by molar-refractivity contribution is -0.149. The van der Waals surface area contributed by atoms with Crippen LogP contribution in [0, 0.1) is 0 Å². The molecule has 0 radical (unpaired) electrons. The van der Waals surface area contributed by atoms with Crippen LogP contribution in [0.4, 0.5) is 9.59 Å². The molecule has 0 spiro atoms. The smallest absolute Gasteiger partial charge is 0.409 e. The zero-order chi connectivity index (χ0) is 25.2. The fourth-order valence-electron chi connectivity index (χ4n) is 4.66. The van der Waals surface area contributed by atoms with E-state index in [1.807, 2.05) is 36.4 Å². The fraction of sp³-hybridized carbons (Fsp3) is 0.423. The van der Waals surface area contributed by atoms with E-state index in [1.54, 1.807) is 20.8 Å². The normalized spacial score (nSPS) is 19.0. The molecule has 4 rings (SSSR count). The number of hydrogen-bond donors (Lipinski definition) is 1. The van der Waals surface area contributed by atoms with E-state index in [0.717, 1.165) is 22.3 Å². The Labute approximate surface area is 209 Å². The Morgan fingerprint density at radius 2 is 1.63 bits per heavy atom. The zero-order valence-corrected chi connectivity index (χ0v) is 20.8. The fourth-order valence-corrected chi connectivity index (χ4v) is 4.76. The number of nitrogens with one attached hydrogen (secondary N) is 1. The van der Waals surface area contributed by atoms with Crippen LogP contribution in [0.5, 0.6) is 0 Å². The topological polar surface area (TPSA) is 94.2 Å². The minimum atomic E-state index is -1.47. The number of rotatable bonds is 5. The van der Waals surface area contributed by atoms with E-state index in [9.17, 15) is 14.4 Å². The predicted octanol–water partition coefficient (Wildman–Crippen LogP) is 4.64. The zero-order valence-electron chi connectivity index (χ0n) is 20.0. The third-order valence-electron chi connectivity index (χ3n) is 6.18. The van der Waals surface area contributed by atoms with Crippen molar-refractivity contribution in [3.8, 4) is 11.1 Å². The van der Waals surface area contributed by atoms with Gasteiger partial charge in [0.1, 0.15) is 12.2 Å². The largest absolute Gasteiger partial charge is 0.448 e. The number of alkyl carbamates (subject to hydrolysis) is 1. The Balaban J connectivity index is 1.45. The van der Waals surface area contributed by atoms with Crippen molar-refractivity contribution in [2.45, 2.75) is 44.2 Å². The van der Waals surface area contributed by atoms with Crippen LogP contribution in [0.2, 0.25) is 0 Å². The van der Waals surface area contributed by atoms with Gasteiger partial charge >= 0.3 is 18.2 Å². The minimum Gasteiger partial charge on any atom is -0.448 e. The van der Waals surface area contributed by atoms with E-state index in [2.05, 4.69) is 17.4 Å². The van der Waals surface area contributed by atoms with Crippen LogP contribution in [-0.2, 0) is 19.0 Å². The number of esters is 1. The van der Waals surface area contributed by atoms with Gasteiger partial charge in [0, 0.05) is 18.9 Å². The number of carbonyl (C=O) groups is 3. The molecule has 1 atom stereocenters. The number of ether oxygens (including phenoxy) is 3. The maximum absolute atomic E-state index is 13.0. The minimum absolute atomic E-state index is 0.0835. The van der Waals surface area contributed by atoms with Gasteiger partial charge in [-0.25, -0.2) is 14.4 Å². The van der Waals surface area contributed by atoms with Crippen molar-refractivity contribution in [3.63, 3.8) is 0 Å². The maximum Gasteiger partial charge on any atom is 0.409 e. The summed E-state index contributed by atoms with van der Waals surface area (Å²) in [6.07, 6.45) is -1.21. The Morgan fingerprint density at radius 1 is 1.03 bits per heavy atom. The highest BCUT2D eigenvalue weighted by atomic mass is 35.5. The lowest BCUT2D eigenvalue weighted by Gasteiger charge is -2.29. The quantitative estimate of drug-likeness (QED) is 0.365. The molecule has 2 aromatic rings. The van der Waals surface area contributed by atoms with Crippen LogP contribution in [0.1, 0.15) is 44.2 Å². The molecule has 1 saturated heterocycles. The van der Waals surface area contributed by atoms with Crippen molar-refractivity contribution in [1.82, 2.24) is 10.2 Å². The number of nitrogens with zero attached hydrogens (tertiary/aromatic N) is 1. The predicted molar refractivity (Wildman–Crippen MR) is 130 cm³/mol. The van der Waals surface area contributed by atoms with Crippen LogP contribution < -0.4 is 5.32 Å². The van der Waals surface area contributed by atoms with Crippen LogP contribution in [-0.4, -0.2) is 60.0 Å². The highest BCUT2D eigenvalue weighted by Gasteiger charge is 2.50. The number of carbonyl (C=O) groups excluding carboxylic acids is 3. The van der Waals surface area contributed by atoms with Crippen LogP contribution in [0.25, 0.3) is 11.1 Å². The highest BCUT2D eigenvalue weighted by Crippen LogP contribution is 2.44. The van der Waals surface area contributed by atoms with Crippen molar-refractivity contribution in [1.29, 1.82) is 0 Å². The summed E-state index contributed by atoms with van der Waals surface area (Å²) in [5.74, 6) is -0.813. The third-order valence-corrected chi connectivity index (χ3v) is 6.29. The first-order valence-corrected chi connectivity index (χ1v) is 12.0. The standard InChI is InChI=1S/C26H29ClN2O6/c1-25(2,3)35-23(31)28-26(22(30)34-16-27)12-13-29(15-26)24(32)33-14-21-19-10-6-4-8-17(19)18-9-5-7-11-20(18)21/h4-11,21H,12-16H2,1-3H3,(H,28,31). The van der Waals surface area contributed by atoms with Crippen molar-refractivity contribution < 1.29 is 28.6 Å². The van der Waals surface area contributed by atoms with Gasteiger partial charge in [0.15, 0.2) is 11.6 Å². The highest BCUT2D eigenvalue weighted by molar-refractivity contribution is 6.17. The van der Waals surface area contributed by atoms with Crippen LogP contribution >= 0.6 is 11.6 Å². The summed E-state index contributed by atoms with van der Waals surface area (Å²) in [6, 6.07) is 15.8. The molecule has 1 N–H and O–H groups in total. The number of alkyl halides is 1. The molecule has 2 aliphatic rings. The van der Waals surface area contributed by atoms with E-state index in [1.165, 1.54) is 4.90 Å². The van der Waals surface area contributed by atoms with E-state index in [-0.39, 0.29) is 38.1 Å². The molecule has 0 aromatic heterocycles. The van der Waals surface area contributed by atoms with Gasteiger partial charge in [-0.2, -0.15) is 0 Å². The van der Waals surface area contributed by atoms with E-state index >= 15 is 0 Å². The van der Waals surface area contributed by atoms with Gasteiger partial charge in [-0.3, -0.25) is 0 Å². The molecule has 2 amide bonds. The molecule has 1 heterocycles. The third kappa shape index (κ3) is 5.22.